The minimum Gasteiger partial charge on any atom is -0.462 e. The summed E-state index contributed by atoms with van der Waals surface area (Å²) in [5.41, 5.74) is 4.20. The predicted octanol–water partition coefficient (Wildman–Crippen LogP) is 7.60. The fraction of sp³-hybridized carbons (Fsp3) is 0.372. The zero-order chi connectivity index (χ0) is 35.1. The molecule has 1 fully saturated rings. The summed E-state index contributed by atoms with van der Waals surface area (Å²) in [6.45, 7) is 4.20. The lowest BCUT2D eigenvalue weighted by atomic mass is 9.86. The number of aldehydes is 1. The van der Waals surface area contributed by atoms with Gasteiger partial charge in [-0.15, -0.1) is 0 Å². The van der Waals surface area contributed by atoms with Crippen LogP contribution in [0.3, 0.4) is 0 Å². The summed E-state index contributed by atoms with van der Waals surface area (Å²) in [5, 5.41) is 0. The van der Waals surface area contributed by atoms with Crippen molar-refractivity contribution in [2.75, 3.05) is 13.2 Å². The molecule has 51 heavy (non-hydrogen) atoms. The molecule has 4 aromatic rings. The van der Waals surface area contributed by atoms with Crippen LogP contribution in [0.1, 0.15) is 42.0 Å². The van der Waals surface area contributed by atoms with Crippen molar-refractivity contribution in [3.05, 3.63) is 155 Å². The van der Waals surface area contributed by atoms with Crippen molar-refractivity contribution >= 4 is 6.29 Å². The van der Waals surface area contributed by atoms with Crippen LogP contribution in [-0.2, 0) is 64.4 Å². The molecule has 0 aliphatic carbocycles. The minimum atomic E-state index is -0.520. The van der Waals surface area contributed by atoms with Gasteiger partial charge in [-0.2, -0.15) is 0 Å². The Morgan fingerprint density at radius 1 is 0.608 bits per heavy atom. The van der Waals surface area contributed by atoms with Gasteiger partial charge < -0.3 is 33.2 Å². The second-order valence-corrected chi connectivity index (χ2v) is 12.9. The topological polar surface area (TPSA) is 81.7 Å². The van der Waals surface area contributed by atoms with Crippen LogP contribution in [0.2, 0.25) is 0 Å². The van der Waals surface area contributed by atoms with E-state index in [1.54, 1.807) is 0 Å². The maximum Gasteiger partial charge on any atom is 0.200 e. The van der Waals surface area contributed by atoms with Crippen LogP contribution in [0.25, 0.3) is 0 Å². The molecule has 0 unspecified atom stereocenters. The Morgan fingerprint density at radius 2 is 1.08 bits per heavy atom. The average molecular weight is 693 g/mol. The summed E-state index contributed by atoms with van der Waals surface area (Å²) in [4.78, 5) is 11.9. The Labute approximate surface area is 301 Å². The highest BCUT2D eigenvalue weighted by molar-refractivity contribution is 5.70. The molecule has 7 atom stereocenters. The Balaban J connectivity index is 1.32. The third kappa shape index (κ3) is 10.9. The third-order valence-corrected chi connectivity index (χ3v) is 9.15. The Bertz CT molecular complexity index is 1600. The molecule has 0 N–H and O–H groups in total. The summed E-state index contributed by atoms with van der Waals surface area (Å²) in [6, 6.07) is 40.4. The van der Waals surface area contributed by atoms with E-state index in [-0.39, 0.29) is 18.3 Å². The molecule has 2 aliphatic heterocycles. The molecule has 1 saturated heterocycles. The van der Waals surface area contributed by atoms with Crippen LogP contribution in [0.4, 0.5) is 0 Å². The molecule has 4 aromatic carbocycles. The lowest BCUT2D eigenvalue weighted by Crippen LogP contribution is -2.61. The zero-order valence-corrected chi connectivity index (χ0v) is 29.2. The highest BCUT2D eigenvalue weighted by Gasteiger charge is 2.49. The van der Waals surface area contributed by atoms with Crippen molar-refractivity contribution < 1.29 is 38.0 Å². The van der Waals surface area contributed by atoms with Crippen molar-refractivity contribution in [3.8, 4) is 0 Å². The number of rotatable bonds is 18. The van der Waals surface area contributed by atoms with Gasteiger partial charge in [0.15, 0.2) is 12.0 Å². The maximum absolute atomic E-state index is 11.9. The molecule has 0 amide bonds. The summed E-state index contributed by atoms with van der Waals surface area (Å²) < 4.78 is 45.5. The van der Waals surface area contributed by atoms with Crippen LogP contribution in [0.5, 0.6) is 0 Å². The van der Waals surface area contributed by atoms with Gasteiger partial charge in [-0.05, 0) is 47.6 Å². The number of ether oxygens (including phenoxy) is 7. The van der Waals surface area contributed by atoms with Gasteiger partial charge in [0.25, 0.3) is 0 Å². The van der Waals surface area contributed by atoms with Crippen molar-refractivity contribution in [3.63, 3.8) is 0 Å². The second-order valence-electron chi connectivity index (χ2n) is 12.9. The molecular weight excluding hydrogens is 644 g/mol. The second kappa shape index (κ2) is 19.5. The van der Waals surface area contributed by atoms with Crippen LogP contribution in [0.15, 0.2) is 133 Å². The molecular formula is C43H48O8. The molecule has 8 heteroatoms. The van der Waals surface area contributed by atoms with E-state index in [4.69, 9.17) is 33.2 Å². The van der Waals surface area contributed by atoms with Crippen LogP contribution in [-0.4, -0.2) is 56.3 Å². The monoisotopic (exact) mass is 692 g/mol. The van der Waals surface area contributed by atoms with Crippen LogP contribution < -0.4 is 0 Å². The predicted molar refractivity (Wildman–Crippen MR) is 193 cm³/mol. The van der Waals surface area contributed by atoms with E-state index in [0.29, 0.717) is 45.9 Å². The maximum atomic E-state index is 11.9. The first-order valence-corrected chi connectivity index (χ1v) is 17.9. The smallest absolute Gasteiger partial charge is 0.200 e. The van der Waals surface area contributed by atoms with Gasteiger partial charge in [-0.1, -0.05) is 121 Å². The number of benzene rings is 4. The van der Waals surface area contributed by atoms with E-state index in [0.717, 1.165) is 28.5 Å². The molecule has 0 spiro atoms. The van der Waals surface area contributed by atoms with Crippen molar-refractivity contribution in [2.45, 2.75) is 83.0 Å². The third-order valence-electron chi connectivity index (χ3n) is 9.15. The van der Waals surface area contributed by atoms with Gasteiger partial charge in [-0.25, -0.2) is 0 Å². The van der Waals surface area contributed by atoms with E-state index in [2.05, 4.69) is 12.1 Å². The SMILES string of the molecule is CCO[C@@H]1C[C@H](C[C@H]2O[C@H](COCc3ccccc3)[C@@H](OCc3ccccc3)[C@H](OCc3ccccc3)[C@H]2OCc2ccccc2)C=C(C=O)O1. The number of carbonyl (C=O) groups excluding carboxylic acids is 1. The first-order valence-electron chi connectivity index (χ1n) is 17.9. The summed E-state index contributed by atoms with van der Waals surface area (Å²) in [7, 11) is 0. The van der Waals surface area contributed by atoms with Crippen LogP contribution >= 0.6 is 0 Å². The summed E-state index contributed by atoms with van der Waals surface area (Å²) in [5.74, 6) is 0.205. The van der Waals surface area contributed by atoms with Crippen molar-refractivity contribution in [2.24, 2.45) is 5.92 Å². The molecule has 268 valence electrons. The average Bonchev–Trinajstić information content (AvgIpc) is 3.18. The van der Waals surface area contributed by atoms with Crippen LogP contribution in [0, 0.1) is 5.92 Å². The van der Waals surface area contributed by atoms with Gasteiger partial charge in [0.1, 0.15) is 24.4 Å². The van der Waals surface area contributed by atoms with E-state index < -0.39 is 36.8 Å². The van der Waals surface area contributed by atoms with Gasteiger partial charge in [-0.3, -0.25) is 4.79 Å². The van der Waals surface area contributed by atoms with Gasteiger partial charge in [0.05, 0.1) is 39.1 Å². The first-order chi connectivity index (χ1) is 25.2. The Kier molecular flexibility index (Phi) is 14.0. The van der Waals surface area contributed by atoms with E-state index in [1.807, 2.05) is 122 Å². The molecule has 0 radical (unpaired) electrons. The number of hydrogen-bond acceptors (Lipinski definition) is 8. The summed E-state index contributed by atoms with van der Waals surface area (Å²) >= 11 is 0. The fourth-order valence-corrected chi connectivity index (χ4v) is 6.68. The number of carbonyl (C=O) groups is 1. The van der Waals surface area contributed by atoms with Gasteiger partial charge in [0.2, 0.25) is 6.29 Å². The van der Waals surface area contributed by atoms with E-state index in [1.165, 1.54) is 0 Å². The molecule has 8 nitrogen and oxygen atoms in total. The van der Waals surface area contributed by atoms with Gasteiger partial charge >= 0.3 is 0 Å². The zero-order valence-electron chi connectivity index (χ0n) is 29.2. The van der Waals surface area contributed by atoms with Crippen molar-refractivity contribution in [1.29, 1.82) is 0 Å². The molecule has 2 aliphatic rings. The van der Waals surface area contributed by atoms with E-state index >= 15 is 0 Å². The fourth-order valence-electron chi connectivity index (χ4n) is 6.68. The Hall–Kier alpha value is -4.15. The standard InChI is InChI=1S/C43H48O8/c1-2-46-40-25-36(23-37(26-44)50-40)24-38-41(47-28-33-17-9-4-10-18-33)43(49-30-35-21-13-6-14-22-35)42(48-29-34-19-11-5-12-20-34)39(51-38)31-45-27-32-15-7-3-8-16-32/h3-23,26,36,38-43H,2,24-25,27-31H2,1H3/t36-,38+,39+,40-,41-,42+,43+/m0/s1. The highest BCUT2D eigenvalue weighted by atomic mass is 16.7. The lowest BCUT2D eigenvalue weighted by molar-refractivity contribution is -0.275. The van der Waals surface area contributed by atoms with E-state index in [9.17, 15) is 4.79 Å². The molecule has 6 rings (SSSR count). The number of allylic oxidation sites excluding steroid dienone is 2. The largest absolute Gasteiger partial charge is 0.462 e. The number of hydrogen-bond donors (Lipinski definition) is 0. The van der Waals surface area contributed by atoms with Gasteiger partial charge in [0, 0.05) is 13.0 Å². The quantitative estimate of drug-likeness (QED) is 0.0987. The highest BCUT2D eigenvalue weighted by Crippen LogP contribution is 2.36. The molecule has 2 heterocycles. The molecule has 0 bridgehead atoms. The lowest BCUT2D eigenvalue weighted by Gasteiger charge is -2.47. The van der Waals surface area contributed by atoms with Crippen molar-refractivity contribution in [1.82, 2.24) is 0 Å². The minimum absolute atomic E-state index is 0.0641. The Morgan fingerprint density at radius 3 is 1.57 bits per heavy atom. The first kappa shape index (κ1) is 36.6. The summed E-state index contributed by atoms with van der Waals surface area (Å²) in [6.07, 6.45) is 0.776. The molecule has 0 saturated carbocycles. The molecule has 0 aromatic heterocycles. The normalized spacial score (nSPS) is 24.7.